The first-order valence-electron chi connectivity index (χ1n) is 9.90. The number of allylic oxidation sites excluding steroid dienone is 1. The molecule has 0 fully saturated rings. The number of hydrogen-bond donors (Lipinski definition) is 0. The molecule has 2 heterocycles. The van der Waals surface area contributed by atoms with E-state index in [1.165, 1.54) is 16.9 Å². The normalized spacial score (nSPS) is 16.0. The Morgan fingerprint density at radius 3 is 2.27 bits per heavy atom. The summed E-state index contributed by atoms with van der Waals surface area (Å²) in [6, 6.07) is 28.3. The van der Waals surface area contributed by atoms with Gasteiger partial charge in [-0.15, -0.1) is 0 Å². The maximum Gasteiger partial charge on any atom is 0.271 e. The number of fused-ring (bicyclic) bond motifs is 1. The third-order valence-corrected chi connectivity index (χ3v) is 6.22. The van der Waals surface area contributed by atoms with E-state index in [9.17, 15) is 4.79 Å². The molecule has 0 saturated carbocycles. The van der Waals surface area contributed by atoms with E-state index < -0.39 is 0 Å². The Kier molecular flexibility index (Phi) is 4.77. The van der Waals surface area contributed by atoms with Crippen molar-refractivity contribution in [3.63, 3.8) is 0 Å². The molecule has 146 valence electrons. The average molecular weight is 409 g/mol. The summed E-state index contributed by atoms with van der Waals surface area (Å²) in [4.78, 5) is 18.9. The molecule has 0 spiro atoms. The maximum atomic E-state index is 13.4. The van der Waals surface area contributed by atoms with Crippen LogP contribution < -0.4 is 14.9 Å². The van der Waals surface area contributed by atoms with E-state index in [1.807, 2.05) is 59.2 Å². The quantitative estimate of drug-likeness (QED) is 0.497. The van der Waals surface area contributed by atoms with Crippen molar-refractivity contribution < 1.29 is 0 Å². The van der Waals surface area contributed by atoms with Gasteiger partial charge in [-0.05, 0) is 35.8 Å². The Bertz CT molecular complexity index is 1400. The molecule has 0 radical (unpaired) electrons. The fourth-order valence-corrected chi connectivity index (χ4v) is 4.67. The van der Waals surface area contributed by atoms with Gasteiger partial charge in [0.25, 0.3) is 5.56 Å². The van der Waals surface area contributed by atoms with Crippen LogP contribution in [0.1, 0.15) is 28.3 Å². The van der Waals surface area contributed by atoms with Crippen molar-refractivity contribution in [3.8, 4) is 0 Å². The largest absolute Gasteiger partial charge is 0.272 e. The minimum atomic E-state index is -0.183. The van der Waals surface area contributed by atoms with Gasteiger partial charge in [0.1, 0.15) is 0 Å². The van der Waals surface area contributed by atoms with Crippen LogP contribution in [0.5, 0.6) is 0 Å². The smallest absolute Gasteiger partial charge is 0.271 e. The molecule has 3 nitrogen and oxygen atoms in total. The highest BCUT2D eigenvalue weighted by atomic mass is 32.1. The standard InChI is InChI=1S/C26H20N2OS/c1-18-12-14-19(15-13-18)16-24-25(29)28-23(21-10-6-3-7-11-21)17-22(27-26(28)30-24)20-8-4-2-5-9-20/h2-17,23H,1H3/b24-16-/t23-/m0/s1. The Morgan fingerprint density at radius 2 is 1.57 bits per heavy atom. The fourth-order valence-electron chi connectivity index (χ4n) is 3.65. The van der Waals surface area contributed by atoms with E-state index in [0.717, 1.165) is 27.2 Å². The van der Waals surface area contributed by atoms with E-state index in [0.29, 0.717) is 4.53 Å². The second-order valence-corrected chi connectivity index (χ2v) is 8.37. The van der Waals surface area contributed by atoms with E-state index >= 15 is 0 Å². The van der Waals surface area contributed by atoms with Gasteiger partial charge < -0.3 is 0 Å². The van der Waals surface area contributed by atoms with Crippen LogP contribution in [0.4, 0.5) is 0 Å². The second kappa shape index (κ2) is 7.73. The number of hydrogen-bond acceptors (Lipinski definition) is 3. The summed E-state index contributed by atoms with van der Waals surface area (Å²) >= 11 is 1.45. The predicted molar refractivity (Wildman–Crippen MR) is 123 cm³/mol. The third kappa shape index (κ3) is 3.46. The van der Waals surface area contributed by atoms with E-state index in [-0.39, 0.29) is 11.6 Å². The summed E-state index contributed by atoms with van der Waals surface area (Å²) < 4.78 is 2.51. The molecular formula is C26H20N2OS. The molecule has 0 bridgehead atoms. The van der Waals surface area contributed by atoms with Crippen LogP contribution in [0.15, 0.2) is 101 Å². The van der Waals surface area contributed by atoms with Crippen LogP contribution in [0.2, 0.25) is 0 Å². The predicted octanol–water partition coefficient (Wildman–Crippen LogP) is 4.31. The highest BCUT2D eigenvalue weighted by molar-refractivity contribution is 7.07. The molecule has 4 heteroatoms. The van der Waals surface area contributed by atoms with Crippen molar-refractivity contribution >= 4 is 23.1 Å². The summed E-state index contributed by atoms with van der Waals surface area (Å²) in [6.45, 7) is 2.06. The van der Waals surface area contributed by atoms with Gasteiger partial charge in [-0.1, -0.05) is 102 Å². The van der Waals surface area contributed by atoms with E-state index in [2.05, 4.69) is 49.4 Å². The number of benzene rings is 3. The lowest BCUT2D eigenvalue weighted by atomic mass is 10.0. The van der Waals surface area contributed by atoms with Gasteiger partial charge in [0, 0.05) is 0 Å². The van der Waals surface area contributed by atoms with Crippen molar-refractivity contribution in [1.82, 2.24) is 4.57 Å². The molecular weight excluding hydrogens is 388 g/mol. The molecule has 1 atom stereocenters. The van der Waals surface area contributed by atoms with E-state index in [1.54, 1.807) is 0 Å². The zero-order valence-corrected chi connectivity index (χ0v) is 17.3. The SMILES string of the molecule is Cc1ccc(/C=c2\sc3n(c2=O)[C@H](c2ccccc2)C=C(c2ccccc2)N=3)cc1. The molecule has 30 heavy (non-hydrogen) atoms. The second-order valence-electron chi connectivity index (χ2n) is 7.36. The van der Waals surface area contributed by atoms with Gasteiger partial charge in [-0.25, -0.2) is 4.99 Å². The lowest BCUT2D eigenvalue weighted by Gasteiger charge is -2.19. The molecule has 0 aliphatic carbocycles. The highest BCUT2D eigenvalue weighted by Gasteiger charge is 2.22. The lowest BCUT2D eigenvalue weighted by Crippen LogP contribution is -2.36. The highest BCUT2D eigenvalue weighted by Crippen LogP contribution is 2.26. The minimum absolute atomic E-state index is 0.00320. The molecule has 5 rings (SSSR count). The summed E-state index contributed by atoms with van der Waals surface area (Å²) in [5.41, 5.74) is 5.23. The first-order valence-corrected chi connectivity index (χ1v) is 10.7. The summed E-state index contributed by atoms with van der Waals surface area (Å²) in [6.07, 6.45) is 4.04. The van der Waals surface area contributed by atoms with Crippen LogP contribution in [-0.2, 0) is 0 Å². The minimum Gasteiger partial charge on any atom is -0.272 e. The zero-order valence-electron chi connectivity index (χ0n) is 16.5. The van der Waals surface area contributed by atoms with E-state index in [4.69, 9.17) is 4.99 Å². The van der Waals surface area contributed by atoms with Crippen molar-refractivity contribution in [2.75, 3.05) is 0 Å². The Hall–Kier alpha value is -3.50. The van der Waals surface area contributed by atoms with Crippen LogP contribution in [0, 0.1) is 6.92 Å². The summed E-state index contributed by atoms with van der Waals surface area (Å²) in [7, 11) is 0. The Labute approximate surface area is 178 Å². The summed E-state index contributed by atoms with van der Waals surface area (Å²) in [5.74, 6) is 0. The van der Waals surface area contributed by atoms with Crippen LogP contribution in [-0.4, -0.2) is 4.57 Å². The number of rotatable bonds is 3. The molecule has 1 aliphatic heterocycles. The number of aromatic nitrogens is 1. The molecule has 1 aliphatic rings. The summed E-state index contributed by atoms with van der Waals surface area (Å²) in [5, 5.41) is 0. The fraction of sp³-hybridized carbons (Fsp3) is 0.0769. The van der Waals surface area contributed by atoms with Crippen LogP contribution >= 0.6 is 11.3 Å². The van der Waals surface area contributed by atoms with Gasteiger partial charge >= 0.3 is 0 Å². The third-order valence-electron chi connectivity index (χ3n) is 5.23. The Morgan fingerprint density at radius 1 is 0.900 bits per heavy atom. The molecule has 1 aromatic heterocycles. The van der Waals surface area contributed by atoms with Gasteiger partial charge in [0.2, 0.25) is 0 Å². The molecule has 0 unspecified atom stereocenters. The molecule has 0 saturated heterocycles. The van der Waals surface area contributed by atoms with Crippen molar-refractivity contribution in [3.05, 3.63) is 133 Å². The van der Waals surface area contributed by atoms with Crippen molar-refractivity contribution in [2.45, 2.75) is 13.0 Å². The number of nitrogens with zero attached hydrogens (tertiary/aromatic N) is 2. The molecule has 4 aromatic rings. The van der Waals surface area contributed by atoms with Crippen LogP contribution in [0.3, 0.4) is 0 Å². The van der Waals surface area contributed by atoms with Gasteiger partial charge in [0.05, 0.1) is 16.3 Å². The topological polar surface area (TPSA) is 34.4 Å². The van der Waals surface area contributed by atoms with Gasteiger partial charge in [-0.3, -0.25) is 9.36 Å². The van der Waals surface area contributed by atoms with Crippen LogP contribution in [0.25, 0.3) is 11.8 Å². The van der Waals surface area contributed by atoms with Gasteiger partial charge in [-0.2, -0.15) is 0 Å². The van der Waals surface area contributed by atoms with Crippen molar-refractivity contribution in [1.29, 1.82) is 0 Å². The monoisotopic (exact) mass is 408 g/mol. The average Bonchev–Trinajstić information content (AvgIpc) is 3.11. The zero-order chi connectivity index (χ0) is 20.5. The first-order chi connectivity index (χ1) is 14.7. The maximum absolute atomic E-state index is 13.4. The molecule has 0 N–H and O–H groups in total. The lowest BCUT2D eigenvalue weighted by molar-refractivity contribution is 0.644. The molecule has 3 aromatic carbocycles. The van der Waals surface area contributed by atoms with Crippen molar-refractivity contribution in [2.24, 2.45) is 4.99 Å². The Balaban J connectivity index is 1.73. The molecule has 0 amide bonds. The number of aryl methyl sites for hydroxylation is 1. The first kappa shape index (κ1) is 18.5. The number of thiazole rings is 1. The van der Waals surface area contributed by atoms with Gasteiger partial charge in [0.15, 0.2) is 4.80 Å².